The molecule has 0 amide bonds. The van der Waals surface area contributed by atoms with E-state index in [1.807, 2.05) is 0 Å². The molecule has 0 aromatic heterocycles. The van der Waals surface area contributed by atoms with Crippen LogP contribution in [-0.4, -0.2) is 0 Å². The molecule has 0 spiro atoms. The SMILES string of the molecule is CCC(C)(C)c1c(C)c(C)c(CI)c(C)c1C. The van der Waals surface area contributed by atoms with Crippen LogP contribution in [0, 0.1) is 27.7 Å². The standard InChI is InChI=1S/C16H25I/c1-8-16(6,7)15-12(4)10(2)14(9-17)11(3)13(15)5/h8-9H2,1-7H3. The molecule has 0 saturated heterocycles. The summed E-state index contributed by atoms with van der Waals surface area (Å²) in [6.45, 7) is 16.2. The van der Waals surface area contributed by atoms with E-state index < -0.39 is 0 Å². The summed E-state index contributed by atoms with van der Waals surface area (Å²) < 4.78 is 1.12. The zero-order valence-corrected chi connectivity index (χ0v) is 14.4. The number of rotatable bonds is 3. The van der Waals surface area contributed by atoms with Gasteiger partial charge in [-0.25, -0.2) is 0 Å². The summed E-state index contributed by atoms with van der Waals surface area (Å²) in [7, 11) is 0. The van der Waals surface area contributed by atoms with Gasteiger partial charge in [0.05, 0.1) is 0 Å². The normalized spacial score (nSPS) is 12.0. The third kappa shape index (κ3) is 2.54. The van der Waals surface area contributed by atoms with E-state index in [0.29, 0.717) is 0 Å². The van der Waals surface area contributed by atoms with Gasteiger partial charge < -0.3 is 0 Å². The monoisotopic (exact) mass is 344 g/mol. The molecule has 1 rings (SSSR count). The van der Waals surface area contributed by atoms with Gasteiger partial charge in [0, 0.05) is 4.43 Å². The first kappa shape index (κ1) is 15.0. The second-order valence-electron chi connectivity index (χ2n) is 5.72. The lowest BCUT2D eigenvalue weighted by molar-refractivity contribution is 0.499. The van der Waals surface area contributed by atoms with E-state index in [9.17, 15) is 0 Å². The molecule has 0 aliphatic rings. The van der Waals surface area contributed by atoms with Gasteiger partial charge in [0.1, 0.15) is 0 Å². The summed E-state index contributed by atoms with van der Waals surface area (Å²) >= 11 is 2.48. The van der Waals surface area contributed by atoms with Crippen molar-refractivity contribution in [3.05, 3.63) is 33.4 Å². The number of halogens is 1. The highest BCUT2D eigenvalue weighted by molar-refractivity contribution is 14.1. The van der Waals surface area contributed by atoms with Crippen LogP contribution in [0.4, 0.5) is 0 Å². The summed E-state index contributed by atoms with van der Waals surface area (Å²) in [5, 5.41) is 0. The number of hydrogen-bond donors (Lipinski definition) is 0. The van der Waals surface area contributed by atoms with E-state index in [1.165, 1.54) is 34.2 Å². The van der Waals surface area contributed by atoms with Gasteiger partial charge in [0.15, 0.2) is 0 Å². The van der Waals surface area contributed by atoms with Gasteiger partial charge in [-0.3, -0.25) is 0 Å². The average Bonchev–Trinajstić information content (AvgIpc) is 2.27. The van der Waals surface area contributed by atoms with Gasteiger partial charge >= 0.3 is 0 Å². The molecule has 17 heavy (non-hydrogen) atoms. The predicted molar refractivity (Wildman–Crippen MR) is 86.4 cm³/mol. The maximum Gasteiger partial charge on any atom is 0.0252 e. The fraction of sp³-hybridized carbons (Fsp3) is 0.625. The topological polar surface area (TPSA) is 0 Å². The van der Waals surface area contributed by atoms with Crippen LogP contribution in [-0.2, 0) is 9.84 Å². The molecule has 96 valence electrons. The summed E-state index contributed by atoms with van der Waals surface area (Å²) in [4.78, 5) is 0. The molecule has 0 aliphatic heterocycles. The largest absolute Gasteiger partial charge is 0.0812 e. The fourth-order valence-corrected chi connectivity index (χ4v) is 3.93. The van der Waals surface area contributed by atoms with E-state index in [0.717, 1.165) is 4.43 Å². The molecule has 0 atom stereocenters. The molecule has 0 heterocycles. The lowest BCUT2D eigenvalue weighted by Gasteiger charge is -2.31. The second kappa shape index (κ2) is 5.29. The number of alkyl halides is 1. The first-order valence-electron chi connectivity index (χ1n) is 6.43. The highest BCUT2D eigenvalue weighted by atomic mass is 127. The maximum absolute atomic E-state index is 2.48. The van der Waals surface area contributed by atoms with Crippen molar-refractivity contribution >= 4 is 22.6 Å². The van der Waals surface area contributed by atoms with Crippen molar-refractivity contribution in [3.63, 3.8) is 0 Å². The Morgan fingerprint density at radius 1 is 0.882 bits per heavy atom. The van der Waals surface area contributed by atoms with Crippen LogP contribution in [0.5, 0.6) is 0 Å². The van der Waals surface area contributed by atoms with Gasteiger partial charge in [-0.2, -0.15) is 0 Å². The Morgan fingerprint density at radius 2 is 1.29 bits per heavy atom. The number of benzene rings is 1. The summed E-state index contributed by atoms with van der Waals surface area (Å²) in [5.74, 6) is 0. The zero-order valence-electron chi connectivity index (χ0n) is 12.3. The third-order valence-corrected chi connectivity index (χ3v) is 5.24. The molecule has 0 nitrogen and oxygen atoms in total. The lowest BCUT2D eigenvalue weighted by atomic mass is 9.74. The van der Waals surface area contributed by atoms with Crippen molar-refractivity contribution in [1.82, 2.24) is 0 Å². The first-order chi connectivity index (χ1) is 7.77. The number of hydrogen-bond acceptors (Lipinski definition) is 0. The van der Waals surface area contributed by atoms with E-state index in [-0.39, 0.29) is 5.41 Å². The quantitative estimate of drug-likeness (QED) is 0.499. The minimum Gasteiger partial charge on any atom is -0.0812 e. The van der Waals surface area contributed by atoms with Crippen molar-refractivity contribution in [1.29, 1.82) is 0 Å². The zero-order chi connectivity index (χ0) is 13.4. The summed E-state index contributed by atoms with van der Waals surface area (Å²) in [6, 6.07) is 0. The van der Waals surface area contributed by atoms with Crippen molar-refractivity contribution < 1.29 is 0 Å². The minimum atomic E-state index is 0.285. The summed E-state index contributed by atoms with van der Waals surface area (Å²) in [5.41, 5.74) is 9.41. The molecule has 0 fully saturated rings. The molecular formula is C16H25I. The molecule has 0 radical (unpaired) electrons. The van der Waals surface area contributed by atoms with Crippen LogP contribution < -0.4 is 0 Å². The first-order valence-corrected chi connectivity index (χ1v) is 7.96. The van der Waals surface area contributed by atoms with Gasteiger partial charge in [-0.1, -0.05) is 43.4 Å². The molecule has 1 aromatic rings. The van der Waals surface area contributed by atoms with Crippen LogP contribution in [0.2, 0.25) is 0 Å². The highest BCUT2D eigenvalue weighted by Crippen LogP contribution is 2.37. The second-order valence-corrected chi connectivity index (χ2v) is 6.49. The highest BCUT2D eigenvalue weighted by Gasteiger charge is 2.25. The minimum absolute atomic E-state index is 0.285. The van der Waals surface area contributed by atoms with Crippen molar-refractivity contribution in [2.75, 3.05) is 0 Å². The van der Waals surface area contributed by atoms with Crippen LogP contribution in [0.1, 0.15) is 60.6 Å². The van der Waals surface area contributed by atoms with Gasteiger partial charge in [0.2, 0.25) is 0 Å². The lowest BCUT2D eigenvalue weighted by Crippen LogP contribution is -2.21. The van der Waals surface area contributed by atoms with Crippen LogP contribution in [0.25, 0.3) is 0 Å². The smallest absolute Gasteiger partial charge is 0.0252 e. The molecule has 0 saturated carbocycles. The van der Waals surface area contributed by atoms with Crippen LogP contribution in [0.15, 0.2) is 0 Å². The molecule has 1 heteroatoms. The van der Waals surface area contributed by atoms with Gasteiger partial charge in [0.25, 0.3) is 0 Å². The van der Waals surface area contributed by atoms with Crippen LogP contribution >= 0.6 is 22.6 Å². The summed E-state index contributed by atoms with van der Waals surface area (Å²) in [6.07, 6.45) is 1.19. The Hall–Kier alpha value is -0.0500. The molecule has 0 bridgehead atoms. The Kier molecular flexibility index (Phi) is 4.67. The third-order valence-electron chi connectivity index (χ3n) is 4.47. The Bertz CT molecular complexity index is 399. The Morgan fingerprint density at radius 3 is 1.59 bits per heavy atom. The van der Waals surface area contributed by atoms with Gasteiger partial charge in [-0.15, -0.1) is 0 Å². The van der Waals surface area contributed by atoms with Crippen molar-refractivity contribution in [2.45, 2.75) is 64.7 Å². The predicted octanol–water partition coefficient (Wildman–Crippen LogP) is 5.54. The molecule has 0 N–H and O–H groups in total. The van der Waals surface area contributed by atoms with E-state index in [1.54, 1.807) is 5.56 Å². The molecule has 1 aromatic carbocycles. The van der Waals surface area contributed by atoms with Crippen molar-refractivity contribution in [2.24, 2.45) is 0 Å². The van der Waals surface area contributed by atoms with E-state index >= 15 is 0 Å². The van der Waals surface area contributed by atoms with Gasteiger partial charge in [-0.05, 0) is 72.9 Å². The Balaban J connectivity index is 3.65. The van der Waals surface area contributed by atoms with Crippen molar-refractivity contribution in [3.8, 4) is 0 Å². The van der Waals surface area contributed by atoms with E-state index in [2.05, 4.69) is 71.1 Å². The average molecular weight is 344 g/mol. The maximum atomic E-state index is 2.48. The van der Waals surface area contributed by atoms with Crippen LogP contribution in [0.3, 0.4) is 0 Å². The van der Waals surface area contributed by atoms with E-state index in [4.69, 9.17) is 0 Å². The molecule has 0 aliphatic carbocycles. The Labute approximate surface area is 120 Å². The molecular weight excluding hydrogens is 319 g/mol. The fourth-order valence-electron chi connectivity index (χ4n) is 2.78. The molecule has 0 unspecified atom stereocenters.